The molecule has 132 valence electrons. The zero-order valence-corrected chi connectivity index (χ0v) is 14.7. The van der Waals surface area contributed by atoms with Gasteiger partial charge in [-0.15, -0.1) is 0 Å². The van der Waals surface area contributed by atoms with Crippen molar-refractivity contribution in [2.24, 2.45) is 0 Å². The molecule has 1 saturated heterocycles. The highest BCUT2D eigenvalue weighted by Gasteiger charge is 2.23. The second kappa shape index (κ2) is 9.27. The van der Waals surface area contributed by atoms with E-state index in [1.165, 1.54) is 16.2 Å². The number of nitrogens with zero attached hydrogens (tertiary/aromatic N) is 1. The van der Waals surface area contributed by atoms with Gasteiger partial charge in [0.25, 0.3) is 5.91 Å². The first-order valence-corrected chi connectivity index (χ1v) is 8.82. The van der Waals surface area contributed by atoms with Crippen molar-refractivity contribution < 1.29 is 14.5 Å². The molecule has 1 fully saturated rings. The molecule has 0 radical (unpaired) electrons. The summed E-state index contributed by atoms with van der Waals surface area (Å²) in [6.45, 7) is 8.80. The summed E-state index contributed by atoms with van der Waals surface area (Å²) in [7, 11) is 0. The van der Waals surface area contributed by atoms with E-state index in [-0.39, 0.29) is 11.9 Å². The van der Waals surface area contributed by atoms with Crippen molar-refractivity contribution in [2.75, 3.05) is 44.2 Å². The fraction of sp³-hybridized carbons (Fsp3) is 0.556. The minimum atomic E-state index is -0.383. The molecule has 0 spiro atoms. The lowest BCUT2D eigenvalue weighted by molar-refractivity contribution is -0.892. The van der Waals surface area contributed by atoms with Gasteiger partial charge >= 0.3 is 6.03 Å². The Balaban J connectivity index is 1.72. The van der Waals surface area contributed by atoms with Crippen LogP contribution >= 0.6 is 0 Å². The van der Waals surface area contributed by atoms with E-state index in [9.17, 15) is 9.59 Å². The summed E-state index contributed by atoms with van der Waals surface area (Å²) in [6, 6.07) is 8.00. The predicted molar refractivity (Wildman–Crippen MR) is 95.4 cm³/mol. The van der Waals surface area contributed by atoms with Crippen molar-refractivity contribution in [3.05, 3.63) is 29.8 Å². The molecule has 0 aromatic heterocycles. The number of hydrogen-bond acceptors (Lipinski definition) is 3. The van der Waals surface area contributed by atoms with E-state index in [2.05, 4.69) is 53.6 Å². The number of unbranched alkanes of at least 4 members (excludes halogenated alkanes) is 1. The van der Waals surface area contributed by atoms with Gasteiger partial charge in [-0.05, 0) is 25.0 Å². The van der Waals surface area contributed by atoms with E-state index in [1.54, 1.807) is 0 Å². The maximum atomic E-state index is 12.0. The summed E-state index contributed by atoms with van der Waals surface area (Å²) in [5, 5.41) is 5.11. The number of urea groups is 1. The monoisotopic (exact) mass is 333 g/mol. The summed E-state index contributed by atoms with van der Waals surface area (Å²) in [4.78, 5) is 27.1. The zero-order valence-electron chi connectivity index (χ0n) is 14.7. The molecule has 3 amide bonds. The first-order chi connectivity index (χ1) is 11.6. The molecule has 6 nitrogen and oxygen atoms in total. The molecule has 0 saturated carbocycles. The van der Waals surface area contributed by atoms with Crippen molar-refractivity contribution in [3.8, 4) is 0 Å². The fourth-order valence-corrected chi connectivity index (χ4v) is 2.98. The van der Waals surface area contributed by atoms with Crippen LogP contribution < -0.4 is 20.4 Å². The number of benzene rings is 1. The molecule has 1 aromatic rings. The maximum Gasteiger partial charge on any atom is 0.321 e. The summed E-state index contributed by atoms with van der Waals surface area (Å²) in [5.74, 6) is -0.205. The first-order valence-electron chi connectivity index (χ1n) is 8.82. The Morgan fingerprint density at radius 2 is 1.92 bits per heavy atom. The van der Waals surface area contributed by atoms with Crippen LogP contribution in [0.1, 0.15) is 25.3 Å². The van der Waals surface area contributed by atoms with Crippen LogP contribution in [0.15, 0.2) is 24.3 Å². The van der Waals surface area contributed by atoms with Gasteiger partial charge in [0.2, 0.25) is 0 Å². The molecule has 6 heteroatoms. The van der Waals surface area contributed by atoms with Gasteiger partial charge in [0, 0.05) is 12.2 Å². The largest absolute Gasteiger partial charge is 0.360 e. The summed E-state index contributed by atoms with van der Waals surface area (Å²) in [6.07, 6.45) is 1.94. The lowest BCUT2D eigenvalue weighted by atomic mass is 10.1. The number of piperazine rings is 1. The molecule has 3 N–H and O–H groups in total. The molecule has 0 unspecified atom stereocenters. The minimum absolute atomic E-state index is 0.205. The van der Waals surface area contributed by atoms with Crippen molar-refractivity contribution in [1.29, 1.82) is 0 Å². The van der Waals surface area contributed by atoms with Crippen LogP contribution in [-0.4, -0.2) is 51.2 Å². The molecule has 1 heterocycles. The SMILES string of the molecule is CCCCNC(=O)NC(=O)C[NH+]1CCN(c2ccccc2C)CC1. The van der Waals surface area contributed by atoms with E-state index in [1.807, 2.05) is 0 Å². The van der Waals surface area contributed by atoms with Gasteiger partial charge in [0.15, 0.2) is 6.54 Å². The highest BCUT2D eigenvalue weighted by Crippen LogP contribution is 2.18. The first kappa shape index (κ1) is 18.3. The van der Waals surface area contributed by atoms with Crippen LogP contribution in [0.3, 0.4) is 0 Å². The molecule has 1 aromatic carbocycles. The van der Waals surface area contributed by atoms with Crippen LogP contribution in [-0.2, 0) is 4.79 Å². The zero-order chi connectivity index (χ0) is 17.4. The number of para-hydroxylation sites is 1. The predicted octanol–water partition coefficient (Wildman–Crippen LogP) is 0.326. The van der Waals surface area contributed by atoms with Crippen molar-refractivity contribution in [1.82, 2.24) is 10.6 Å². The van der Waals surface area contributed by atoms with Gasteiger partial charge in [-0.2, -0.15) is 0 Å². The summed E-state index contributed by atoms with van der Waals surface area (Å²) >= 11 is 0. The topological polar surface area (TPSA) is 65.9 Å². The van der Waals surface area contributed by atoms with Crippen LogP contribution in [0, 0.1) is 6.92 Å². The summed E-state index contributed by atoms with van der Waals surface area (Å²) < 4.78 is 0. The molecule has 1 aliphatic heterocycles. The molecular formula is C18H29N4O2+. The average Bonchev–Trinajstić information content (AvgIpc) is 2.56. The third kappa shape index (κ3) is 5.53. The van der Waals surface area contributed by atoms with Gasteiger partial charge in [-0.25, -0.2) is 4.79 Å². The highest BCUT2D eigenvalue weighted by molar-refractivity contribution is 5.94. The van der Waals surface area contributed by atoms with Gasteiger partial charge in [-0.1, -0.05) is 31.5 Å². The number of imide groups is 1. The quantitative estimate of drug-likeness (QED) is 0.657. The third-order valence-electron chi connectivity index (χ3n) is 4.41. The summed E-state index contributed by atoms with van der Waals surface area (Å²) in [5.41, 5.74) is 2.55. The standard InChI is InChI=1S/C18H28N4O2/c1-3-4-9-19-18(24)20-17(23)14-21-10-12-22(13-11-21)16-8-6-5-7-15(16)2/h5-8H,3-4,9-14H2,1-2H3,(H2,19,20,23,24)/p+1. The lowest BCUT2D eigenvalue weighted by Crippen LogP contribution is -3.16. The van der Waals surface area contributed by atoms with Crippen LogP contribution in [0.2, 0.25) is 0 Å². The Morgan fingerprint density at radius 1 is 1.21 bits per heavy atom. The Hall–Kier alpha value is -2.08. The van der Waals surface area contributed by atoms with E-state index >= 15 is 0 Å². The van der Waals surface area contributed by atoms with Gasteiger partial charge in [0.05, 0.1) is 26.2 Å². The molecule has 0 aliphatic carbocycles. The average molecular weight is 333 g/mol. The Bertz CT molecular complexity index is 554. The van der Waals surface area contributed by atoms with Crippen LogP contribution in [0.4, 0.5) is 10.5 Å². The molecule has 2 rings (SSSR count). The van der Waals surface area contributed by atoms with Gasteiger partial charge in [0.1, 0.15) is 0 Å². The van der Waals surface area contributed by atoms with Gasteiger partial charge in [-0.3, -0.25) is 10.1 Å². The number of amides is 3. The second-order valence-electron chi connectivity index (χ2n) is 6.36. The van der Waals surface area contributed by atoms with E-state index in [0.29, 0.717) is 13.1 Å². The van der Waals surface area contributed by atoms with Crippen LogP contribution in [0.25, 0.3) is 0 Å². The van der Waals surface area contributed by atoms with Crippen molar-refractivity contribution in [2.45, 2.75) is 26.7 Å². The van der Waals surface area contributed by atoms with Crippen LogP contribution in [0.5, 0.6) is 0 Å². The van der Waals surface area contributed by atoms with E-state index in [4.69, 9.17) is 0 Å². The van der Waals surface area contributed by atoms with Crippen molar-refractivity contribution in [3.63, 3.8) is 0 Å². The third-order valence-corrected chi connectivity index (χ3v) is 4.41. The number of carbonyl (C=O) groups is 2. The Kier molecular flexibility index (Phi) is 7.06. The number of carbonyl (C=O) groups excluding carboxylic acids is 2. The number of aryl methyl sites for hydroxylation is 1. The van der Waals surface area contributed by atoms with E-state index in [0.717, 1.165) is 39.0 Å². The highest BCUT2D eigenvalue weighted by atomic mass is 16.2. The smallest absolute Gasteiger partial charge is 0.321 e. The molecule has 24 heavy (non-hydrogen) atoms. The number of hydrogen-bond donors (Lipinski definition) is 3. The number of rotatable bonds is 6. The molecule has 0 bridgehead atoms. The van der Waals surface area contributed by atoms with E-state index < -0.39 is 0 Å². The fourth-order valence-electron chi connectivity index (χ4n) is 2.98. The Labute approximate surface area is 144 Å². The number of quaternary nitrogens is 1. The second-order valence-corrected chi connectivity index (χ2v) is 6.36. The number of nitrogens with one attached hydrogen (secondary N) is 3. The minimum Gasteiger partial charge on any atom is -0.360 e. The molecule has 0 atom stereocenters. The lowest BCUT2D eigenvalue weighted by Gasteiger charge is -2.34. The van der Waals surface area contributed by atoms with Gasteiger partial charge < -0.3 is 15.1 Å². The normalized spacial score (nSPS) is 15.2. The van der Waals surface area contributed by atoms with Crippen molar-refractivity contribution >= 4 is 17.6 Å². The molecular weight excluding hydrogens is 304 g/mol. The Morgan fingerprint density at radius 3 is 2.58 bits per heavy atom. The number of anilines is 1. The maximum absolute atomic E-state index is 12.0. The molecule has 1 aliphatic rings.